The van der Waals surface area contributed by atoms with Crippen LogP contribution in [-0.2, 0) is 0 Å². The van der Waals surface area contributed by atoms with Gasteiger partial charge in [0.05, 0.1) is 5.38 Å². The van der Waals surface area contributed by atoms with E-state index in [0.29, 0.717) is 28.5 Å². The van der Waals surface area contributed by atoms with E-state index in [1.54, 1.807) is 19.1 Å². The highest BCUT2D eigenvalue weighted by molar-refractivity contribution is 6.30. The topological polar surface area (TPSA) is 77.8 Å². The molecule has 30 heavy (non-hydrogen) atoms. The molecule has 0 bridgehead atoms. The smallest absolute Gasteiger partial charge is 0.257 e. The molecule has 9 heteroatoms. The lowest BCUT2D eigenvalue weighted by molar-refractivity contribution is 0.379. The van der Waals surface area contributed by atoms with Crippen LogP contribution in [0, 0.1) is 6.92 Å². The predicted octanol–water partition coefficient (Wildman–Crippen LogP) is 7.03. The molecule has 0 aliphatic heterocycles. The van der Waals surface area contributed by atoms with Crippen LogP contribution in [0.25, 0.3) is 22.8 Å². The van der Waals surface area contributed by atoms with Gasteiger partial charge in [0.2, 0.25) is 11.7 Å². The Morgan fingerprint density at radius 2 is 1.57 bits per heavy atom. The standard InChI is InChI=1S/C11H11ClN2O.C10H8Cl2N2O/c1-7-4-3-5-9(6-7)11-13-10(8(2)12)14-15-11;1-6(11)10-13-9(14-15-10)7-3-2-4-8(12)5-7/h3-6,8H,1-2H3;2-6H,1H3. The number of hydrogen-bond donors (Lipinski definition) is 0. The number of rotatable bonds is 4. The third kappa shape index (κ3) is 5.81. The fourth-order valence-corrected chi connectivity index (χ4v) is 2.80. The molecule has 0 amide bonds. The molecule has 0 aliphatic carbocycles. The van der Waals surface area contributed by atoms with Crippen LogP contribution in [0.3, 0.4) is 0 Å². The van der Waals surface area contributed by atoms with Crippen molar-refractivity contribution in [2.24, 2.45) is 0 Å². The van der Waals surface area contributed by atoms with Crippen molar-refractivity contribution in [2.75, 3.05) is 0 Å². The summed E-state index contributed by atoms with van der Waals surface area (Å²) in [5, 5.41) is 7.74. The number of halogens is 3. The van der Waals surface area contributed by atoms with Gasteiger partial charge in [-0.3, -0.25) is 0 Å². The average molecular weight is 466 g/mol. The van der Waals surface area contributed by atoms with Crippen molar-refractivity contribution >= 4 is 34.8 Å². The second-order valence-corrected chi connectivity index (χ2v) is 8.27. The Kier molecular flexibility index (Phi) is 7.48. The summed E-state index contributed by atoms with van der Waals surface area (Å²) in [6.45, 7) is 5.61. The number of alkyl halides is 2. The maximum absolute atomic E-state index is 5.85. The fourth-order valence-electron chi connectivity index (χ4n) is 2.43. The first-order valence-corrected chi connectivity index (χ1v) is 10.4. The molecule has 4 aromatic rings. The summed E-state index contributed by atoms with van der Waals surface area (Å²) in [4.78, 5) is 8.36. The minimum atomic E-state index is -0.287. The summed E-state index contributed by atoms with van der Waals surface area (Å²) in [5.41, 5.74) is 2.90. The lowest BCUT2D eigenvalue weighted by Crippen LogP contribution is -1.86. The number of benzene rings is 2. The van der Waals surface area contributed by atoms with Gasteiger partial charge < -0.3 is 9.05 Å². The first-order valence-electron chi connectivity index (χ1n) is 9.12. The lowest BCUT2D eigenvalue weighted by Gasteiger charge is -1.95. The lowest BCUT2D eigenvalue weighted by atomic mass is 10.1. The predicted molar refractivity (Wildman–Crippen MR) is 118 cm³/mol. The molecule has 2 heterocycles. The summed E-state index contributed by atoms with van der Waals surface area (Å²) in [5.74, 6) is 1.95. The highest BCUT2D eigenvalue weighted by Crippen LogP contribution is 2.24. The third-order valence-corrected chi connectivity index (χ3v) is 4.54. The van der Waals surface area contributed by atoms with Gasteiger partial charge in [-0.2, -0.15) is 9.97 Å². The zero-order valence-corrected chi connectivity index (χ0v) is 18.8. The van der Waals surface area contributed by atoms with Crippen molar-refractivity contribution < 1.29 is 9.05 Å². The summed E-state index contributed by atoms with van der Waals surface area (Å²) >= 11 is 17.5. The Hall–Kier alpha value is -2.41. The van der Waals surface area contributed by atoms with E-state index in [-0.39, 0.29) is 10.8 Å². The van der Waals surface area contributed by atoms with E-state index in [9.17, 15) is 0 Å². The van der Waals surface area contributed by atoms with Crippen molar-refractivity contribution in [3.63, 3.8) is 0 Å². The molecular formula is C21H19Cl3N4O2. The zero-order valence-electron chi connectivity index (χ0n) is 16.5. The van der Waals surface area contributed by atoms with Gasteiger partial charge >= 0.3 is 0 Å². The molecule has 156 valence electrons. The molecule has 2 atom stereocenters. The first kappa shape index (κ1) is 22.3. The van der Waals surface area contributed by atoms with Crippen molar-refractivity contribution in [2.45, 2.75) is 31.5 Å². The Morgan fingerprint density at radius 1 is 0.833 bits per heavy atom. The highest BCUT2D eigenvalue weighted by Gasteiger charge is 2.13. The third-order valence-electron chi connectivity index (χ3n) is 3.93. The van der Waals surface area contributed by atoms with Gasteiger partial charge in [0.15, 0.2) is 5.82 Å². The van der Waals surface area contributed by atoms with E-state index in [1.165, 1.54) is 0 Å². The van der Waals surface area contributed by atoms with E-state index in [2.05, 4.69) is 20.3 Å². The quantitative estimate of drug-likeness (QED) is 0.301. The molecule has 0 fully saturated rings. The van der Waals surface area contributed by atoms with Gasteiger partial charge in [-0.1, -0.05) is 51.7 Å². The van der Waals surface area contributed by atoms with Crippen LogP contribution in [0.2, 0.25) is 5.02 Å². The molecule has 2 aromatic carbocycles. The Morgan fingerprint density at radius 3 is 2.17 bits per heavy atom. The summed E-state index contributed by atoms with van der Waals surface area (Å²) in [7, 11) is 0. The minimum absolute atomic E-state index is 0.229. The summed E-state index contributed by atoms with van der Waals surface area (Å²) < 4.78 is 10.1. The molecule has 0 N–H and O–H groups in total. The first-order chi connectivity index (χ1) is 14.3. The molecule has 6 nitrogen and oxygen atoms in total. The van der Waals surface area contributed by atoms with Crippen LogP contribution in [0.1, 0.15) is 41.9 Å². The van der Waals surface area contributed by atoms with Gasteiger partial charge in [-0.05, 0) is 45.0 Å². The molecule has 4 rings (SSSR count). The zero-order chi connectivity index (χ0) is 21.7. The molecule has 2 unspecified atom stereocenters. The largest absolute Gasteiger partial charge is 0.337 e. The second-order valence-electron chi connectivity index (χ2n) is 6.53. The van der Waals surface area contributed by atoms with Crippen LogP contribution in [-0.4, -0.2) is 20.3 Å². The Bertz CT molecular complexity index is 1020. The van der Waals surface area contributed by atoms with Crippen LogP contribution in [0.15, 0.2) is 57.6 Å². The van der Waals surface area contributed by atoms with Crippen LogP contribution < -0.4 is 0 Å². The number of hydrogen-bond acceptors (Lipinski definition) is 6. The van der Waals surface area contributed by atoms with Crippen LogP contribution >= 0.6 is 34.8 Å². The van der Waals surface area contributed by atoms with Crippen molar-refractivity contribution in [1.82, 2.24) is 20.3 Å². The van der Waals surface area contributed by atoms with Crippen molar-refractivity contribution in [1.29, 1.82) is 0 Å². The molecular weight excluding hydrogens is 447 g/mol. The Labute approximate surface area is 189 Å². The average Bonchev–Trinajstić information content (AvgIpc) is 3.39. The van der Waals surface area contributed by atoms with Gasteiger partial charge in [-0.15, -0.1) is 23.2 Å². The van der Waals surface area contributed by atoms with Gasteiger partial charge in [0.25, 0.3) is 5.89 Å². The normalized spacial score (nSPS) is 12.7. The molecule has 0 aliphatic rings. The molecule has 2 aromatic heterocycles. The summed E-state index contributed by atoms with van der Waals surface area (Å²) in [6.07, 6.45) is 0. The van der Waals surface area contributed by atoms with Crippen molar-refractivity contribution in [3.05, 3.63) is 70.8 Å². The molecule has 0 saturated heterocycles. The van der Waals surface area contributed by atoms with E-state index in [0.717, 1.165) is 16.7 Å². The monoisotopic (exact) mass is 464 g/mol. The molecule has 0 spiro atoms. The van der Waals surface area contributed by atoms with Crippen LogP contribution in [0.5, 0.6) is 0 Å². The minimum Gasteiger partial charge on any atom is -0.337 e. The highest BCUT2D eigenvalue weighted by atomic mass is 35.5. The SMILES string of the molecule is CC(Cl)c1nc(-c2cccc(Cl)c2)no1.Cc1cccc(-c2nc(C(C)Cl)no2)c1. The van der Waals surface area contributed by atoms with E-state index in [4.69, 9.17) is 43.8 Å². The second kappa shape index (κ2) is 10.1. The van der Waals surface area contributed by atoms with E-state index < -0.39 is 0 Å². The maximum atomic E-state index is 5.85. The summed E-state index contributed by atoms with van der Waals surface area (Å²) in [6, 6.07) is 15.2. The van der Waals surface area contributed by atoms with Crippen LogP contribution in [0.4, 0.5) is 0 Å². The van der Waals surface area contributed by atoms with E-state index >= 15 is 0 Å². The fraction of sp³-hybridized carbons (Fsp3) is 0.238. The van der Waals surface area contributed by atoms with E-state index in [1.807, 2.05) is 50.2 Å². The number of aromatic nitrogens is 4. The van der Waals surface area contributed by atoms with Crippen molar-refractivity contribution in [3.8, 4) is 22.8 Å². The molecule has 0 radical (unpaired) electrons. The maximum Gasteiger partial charge on any atom is 0.257 e. The Balaban J connectivity index is 0.000000171. The number of aryl methyl sites for hydroxylation is 1. The van der Waals surface area contributed by atoms with Gasteiger partial charge in [0, 0.05) is 16.1 Å². The molecule has 0 saturated carbocycles. The number of nitrogens with zero attached hydrogens (tertiary/aromatic N) is 4. The van der Waals surface area contributed by atoms with Gasteiger partial charge in [0.1, 0.15) is 5.38 Å². The van der Waals surface area contributed by atoms with Gasteiger partial charge in [-0.25, -0.2) is 0 Å².